The summed E-state index contributed by atoms with van der Waals surface area (Å²) in [6, 6.07) is 12.0. The van der Waals surface area contributed by atoms with E-state index in [1.165, 1.54) is 12.1 Å². The second-order valence-electron chi connectivity index (χ2n) is 8.38. The number of benzene rings is 2. The Balaban J connectivity index is 1.82. The highest BCUT2D eigenvalue weighted by Gasteiger charge is 2.40. The van der Waals surface area contributed by atoms with Crippen LogP contribution in [-0.2, 0) is 12.6 Å². The molecule has 4 rings (SSSR count). The summed E-state index contributed by atoms with van der Waals surface area (Å²) >= 11 is 0. The maximum Gasteiger partial charge on any atom is 0.421 e. The van der Waals surface area contributed by atoms with Crippen LogP contribution in [0.1, 0.15) is 25.0 Å². The lowest BCUT2D eigenvalue weighted by Crippen LogP contribution is -2.48. The molecule has 182 valence electrons. The molecule has 1 aliphatic rings. The number of aromatic nitrogens is 1. The van der Waals surface area contributed by atoms with Crippen LogP contribution in [-0.4, -0.2) is 36.5 Å². The fourth-order valence-electron chi connectivity index (χ4n) is 4.01. The molecule has 0 radical (unpaired) electrons. The van der Waals surface area contributed by atoms with Crippen LogP contribution in [0.5, 0.6) is 11.6 Å². The Bertz CT molecular complexity index is 1160. The van der Waals surface area contributed by atoms with Crippen LogP contribution in [0.4, 0.5) is 32.0 Å². The van der Waals surface area contributed by atoms with Gasteiger partial charge in [0, 0.05) is 5.39 Å². The lowest BCUT2D eigenvalue weighted by atomic mass is 10.0. The fourth-order valence-corrected chi connectivity index (χ4v) is 4.01. The number of alkyl halides is 6. The molecular weight excluding hydrogens is 462 g/mol. The van der Waals surface area contributed by atoms with Gasteiger partial charge in [0.05, 0.1) is 23.3 Å². The standard InChI is InChI=1S/C24H22F6N2O2/c1-14(2)34-22-18(24(28,29)30)11-17-19(31-22)8-9-20-21(17)33-12-16(32(20)13-23(25,26)27)10-15-6-4-3-5-7-15/h3-9,11,14,16H,10,12-13H2,1-2H3/t16-/m1/s1. The minimum atomic E-state index is -4.77. The zero-order valence-electron chi connectivity index (χ0n) is 18.4. The summed E-state index contributed by atoms with van der Waals surface area (Å²) < 4.78 is 92.8. The number of fused-ring (bicyclic) bond motifs is 3. The van der Waals surface area contributed by atoms with Gasteiger partial charge in [-0.2, -0.15) is 26.3 Å². The first-order valence-electron chi connectivity index (χ1n) is 10.6. The minimum absolute atomic E-state index is 0.0220. The van der Waals surface area contributed by atoms with E-state index in [9.17, 15) is 26.3 Å². The molecule has 10 heteroatoms. The molecule has 4 nitrogen and oxygen atoms in total. The average Bonchev–Trinajstić information content (AvgIpc) is 2.73. The molecule has 0 N–H and O–H groups in total. The maximum absolute atomic E-state index is 13.7. The van der Waals surface area contributed by atoms with Gasteiger partial charge in [-0.15, -0.1) is 0 Å². The van der Waals surface area contributed by atoms with Crippen molar-refractivity contribution in [1.29, 1.82) is 0 Å². The zero-order chi connectivity index (χ0) is 24.7. The molecule has 1 aliphatic heterocycles. The summed E-state index contributed by atoms with van der Waals surface area (Å²) in [4.78, 5) is 5.16. The molecular formula is C24H22F6N2O2. The number of halogens is 6. The lowest BCUT2D eigenvalue weighted by molar-refractivity contribution is -0.139. The predicted molar refractivity (Wildman–Crippen MR) is 115 cm³/mol. The van der Waals surface area contributed by atoms with Crippen LogP contribution in [0.25, 0.3) is 10.9 Å². The van der Waals surface area contributed by atoms with Crippen LogP contribution in [0.15, 0.2) is 48.5 Å². The van der Waals surface area contributed by atoms with E-state index in [0.717, 1.165) is 16.5 Å². The second kappa shape index (κ2) is 8.88. The van der Waals surface area contributed by atoms with Gasteiger partial charge in [0.1, 0.15) is 18.7 Å². The fraction of sp³-hybridized carbons (Fsp3) is 0.375. The Morgan fingerprint density at radius 2 is 1.76 bits per heavy atom. The van der Waals surface area contributed by atoms with Crippen LogP contribution < -0.4 is 14.4 Å². The molecule has 0 spiro atoms. The minimum Gasteiger partial charge on any atom is -0.489 e. The van der Waals surface area contributed by atoms with Crippen molar-refractivity contribution in [3.05, 3.63) is 59.7 Å². The SMILES string of the molecule is CC(C)Oc1nc2ccc3c(c2cc1C(F)(F)F)OC[C@@H](Cc1ccccc1)N3CC(F)(F)F. The van der Waals surface area contributed by atoms with Gasteiger partial charge in [-0.05, 0) is 44.0 Å². The van der Waals surface area contributed by atoms with Gasteiger partial charge in [0.15, 0.2) is 5.75 Å². The van der Waals surface area contributed by atoms with E-state index in [4.69, 9.17) is 9.47 Å². The van der Waals surface area contributed by atoms with Crippen molar-refractivity contribution < 1.29 is 35.8 Å². The Morgan fingerprint density at radius 3 is 2.38 bits per heavy atom. The van der Waals surface area contributed by atoms with Gasteiger partial charge in [-0.3, -0.25) is 0 Å². The largest absolute Gasteiger partial charge is 0.489 e. The van der Waals surface area contributed by atoms with Gasteiger partial charge in [-0.25, -0.2) is 4.98 Å². The third-order valence-corrected chi connectivity index (χ3v) is 5.38. The third kappa shape index (κ3) is 5.15. The van der Waals surface area contributed by atoms with E-state index < -0.39 is 42.5 Å². The maximum atomic E-state index is 13.7. The first kappa shape index (κ1) is 24.0. The van der Waals surface area contributed by atoms with Crippen LogP contribution >= 0.6 is 0 Å². The summed E-state index contributed by atoms with van der Waals surface area (Å²) in [5, 5.41) is -0.0220. The Kier molecular flexibility index (Phi) is 6.26. The lowest BCUT2D eigenvalue weighted by Gasteiger charge is -2.39. The second-order valence-corrected chi connectivity index (χ2v) is 8.38. The van der Waals surface area contributed by atoms with Crippen molar-refractivity contribution in [3.8, 4) is 11.6 Å². The Labute approximate surface area is 192 Å². The van der Waals surface area contributed by atoms with E-state index in [-0.39, 0.29) is 35.4 Å². The molecule has 0 aliphatic carbocycles. The van der Waals surface area contributed by atoms with E-state index in [0.29, 0.717) is 0 Å². The summed E-state index contributed by atoms with van der Waals surface area (Å²) in [5.74, 6) is -0.639. The zero-order valence-corrected chi connectivity index (χ0v) is 18.4. The molecule has 0 saturated heterocycles. The van der Waals surface area contributed by atoms with E-state index in [1.54, 1.807) is 44.2 Å². The van der Waals surface area contributed by atoms with Crippen molar-refractivity contribution in [2.24, 2.45) is 0 Å². The van der Waals surface area contributed by atoms with Crippen LogP contribution in [0, 0.1) is 0 Å². The molecule has 3 aromatic rings. The van der Waals surface area contributed by atoms with Crippen LogP contribution in [0.2, 0.25) is 0 Å². The Hall–Kier alpha value is -3.17. The molecule has 2 heterocycles. The predicted octanol–water partition coefficient (Wildman–Crippen LogP) is 6.41. The quantitative estimate of drug-likeness (QED) is 0.392. The molecule has 2 aromatic carbocycles. The van der Waals surface area contributed by atoms with Gasteiger partial charge < -0.3 is 14.4 Å². The number of pyridine rings is 1. The van der Waals surface area contributed by atoms with Gasteiger partial charge in [0.25, 0.3) is 0 Å². The summed E-state index contributed by atoms with van der Waals surface area (Å²) in [5.41, 5.74) is -0.0798. The highest BCUT2D eigenvalue weighted by molar-refractivity contribution is 5.93. The van der Waals surface area contributed by atoms with Crippen LogP contribution in [0.3, 0.4) is 0 Å². The van der Waals surface area contributed by atoms with Crippen molar-refractivity contribution in [2.45, 2.75) is 44.8 Å². The summed E-state index contributed by atoms with van der Waals surface area (Å²) in [6.07, 6.45) is -9.57. The molecule has 0 amide bonds. The molecule has 0 unspecified atom stereocenters. The molecule has 1 atom stereocenters. The van der Waals surface area contributed by atoms with Gasteiger partial charge in [-0.1, -0.05) is 30.3 Å². The first-order valence-corrected chi connectivity index (χ1v) is 10.6. The average molecular weight is 484 g/mol. The van der Waals surface area contributed by atoms with E-state index >= 15 is 0 Å². The third-order valence-electron chi connectivity index (χ3n) is 5.38. The monoisotopic (exact) mass is 484 g/mol. The summed E-state index contributed by atoms with van der Waals surface area (Å²) in [6.45, 7) is 1.76. The Morgan fingerprint density at radius 1 is 1.06 bits per heavy atom. The van der Waals surface area contributed by atoms with Gasteiger partial charge >= 0.3 is 12.4 Å². The molecule has 1 aromatic heterocycles. The summed E-state index contributed by atoms with van der Waals surface area (Å²) in [7, 11) is 0. The molecule has 0 bridgehead atoms. The van der Waals surface area contributed by atoms with Crippen molar-refractivity contribution in [2.75, 3.05) is 18.1 Å². The number of rotatable bonds is 5. The smallest absolute Gasteiger partial charge is 0.421 e. The molecule has 0 saturated carbocycles. The topological polar surface area (TPSA) is 34.6 Å². The highest BCUT2D eigenvalue weighted by Crippen LogP contribution is 2.45. The number of nitrogens with zero attached hydrogens (tertiary/aromatic N) is 2. The first-order chi connectivity index (χ1) is 15.9. The molecule has 34 heavy (non-hydrogen) atoms. The van der Waals surface area contributed by atoms with Crippen molar-refractivity contribution in [3.63, 3.8) is 0 Å². The molecule has 0 fully saturated rings. The van der Waals surface area contributed by atoms with Crippen molar-refractivity contribution in [1.82, 2.24) is 4.98 Å². The van der Waals surface area contributed by atoms with E-state index in [1.807, 2.05) is 0 Å². The number of hydrogen-bond acceptors (Lipinski definition) is 4. The number of ether oxygens (including phenoxy) is 2. The van der Waals surface area contributed by atoms with Gasteiger partial charge in [0.2, 0.25) is 5.88 Å². The number of hydrogen-bond donors (Lipinski definition) is 0. The normalized spacial score (nSPS) is 16.5. The van der Waals surface area contributed by atoms with E-state index in [2.05, 4.69) is 4.98 Å². The highest BCUT2D eigenvalue weighted by atomic mass is 19.4. The van der Waals surface area contributed by atoms with Crippen molar-refractivity contribution >= 4 is 16.6 Å². The number of anilines is 1.